The number of rotatable bonds is 4. The average molecular weight is 397 g/mol. The van der Waals surface area contributed by atoms with Crippen LogP contribution in [0, 0.1) is 11.6 Å². The van der Waals surface area contributed by atoms with E-state index in [1.807, 2.05) is 0 Å². The maximum Gasteiger partial charge on any atom is 0.275 e. The van der Waals surface area contributed by atoms with Crippen molar-refractivity contribution in [3.63, 3.8) is 0 Å². The van der Waals surface area contributed by atoms with Crippen LogP contribution < -0.4 is 4.90 Å². The first-order valence-electron chi connectivity index (χ1n) is 8.77. The molecule has 1 aliphatic heterocycles. The SMILES string of the molecule is O=C1CC(c2noc(-c3cc(-c4ccco4)n[nH]3)n2)CN1c1cc(F)ccc1F. The van der Waals surface area contributed by atoms with Crippen molar-refractivity contribution in [2.75, 3.05) is 11.4 Å². The summed E-state index contributed by atoms with van der Waals surface area (Å²) < 4.78 is 38.1. The van der Waals surface area contributed by atoms with Gasteiger partial charge in [-0.1, -0.05) is 5.16 Å². The zero-order chi connectivity index (χ0) is 20.0. The highest BCUT2D eigenvalue weighted by Gasteiger charge is 2.36. The van der Waals surface area contributed by atoms with E-state index >= 15 is 0 Å². The number of carbonyl (C=O) groups is 1. The summed E-state index contributed by atoms with van der Waals surface area (Å²) in [5, 5.41) is 10.9. The van der Waals surface area contributed by atoms with Crippen molar-refractivity contribution in [3.05, 3.63) is 60.1 Å². The van der Waals surface area contributed by atoms with E-state index in [1.165, 1.54) is 4.90 Å². The molecule has 1 unspecified atom stereocenters. The number of amides is 1. The Morgan fingerprint density at radius 1 is 1.21 bits per heavy atom. The molecule has 146 valence electrons. The molecule has 0 bridgehead atoms. The maximum absolute atomic E-state index is 14.0. The minimum absolute atomic E-state index is 0.0650. The summed E-state index contributed by atoms with van der Waals surface area (Å²) in [7, 11) is 0. The van der Waals surface area contributed by atoms with Gasteiger partial charge in [0, 0.05) is 31.0 Å². The van der Waals surface area contributed by atoms with E-state index < -0.39 is 17.6 Å². The van der Waals surface area contributed by atoms with Crippen molar-refractivity contribution < 1.29 is 22.5 Å². The van der Waals surface area contributed by atoms with Crippen molar-refractivity contribution in [3.8, 4) is 23.0 Å². The topological polar surface area (TPSA) is 101 Å². The lowest BCUT2D eigenvalue weighted by Gasteiger charge is -2.16. The van der Waals surface area contributed by atoms with Gasteiger partial charge >= 0.3 is 0 Å². The molecule has 10 heteroatoms. The molecule has 1 atom stereocenters. The van der Waals surface area contributed by atoms with Crippen LogP contribution in [0.5, 0.6) is 0 Å². The van der Waals surface area contributed by atoms with Gasteiger partial charge in [0.15, 0.2) is 11.6 Å². The predicted molar refractivity (Wildman–Crippen MR) is 95.7 cm³/mol. The first-order chi connectivity index (χ1) is 14.1. The van der Waals surface area contributed by atoms with Crippen LogP contribution in [0.4, 0.5) is 14.5 Å². The predicted octanol–water partition coefficient (Wildman–Crippen LogP) is 3.52. The molecule has 1 aliphatic rings. The van der Waals surface area contributed by atoms with Gasteiger partial charge < -0.3 is 13.8 Å². The summed E-state index contributed by atoms with van der Waals surface area (Å²) in [6.07, 6.45) is 1.61. The lowest BCUT2D eigenvalue weighted by atomic mass is 10.1. The Bertz CT molecular complexity index is 1180. The molecule has 0 saturated carbocycles. The molecular formula is C19H13F2N5O3. The first-order valence-corrected chi connectivity index (χ1v) is 8.77. The molecule has 8 nitrogen and oxygen atoms in total. The number of hydrogen-bond acceptors (Lipinski definition) is 6. The molecule has 4 heterocycles. The summed E-state index contributed by atoms with van der Waals surface area (Å²) in [5.41, 5.74) is 0.971. The monoisotopic (exact) mass is 397 g/mol. The fourth-order valence-corrected chi connectivity index (χ4v) is 3.30. The van der Waals surface area contributed by atoms with Crippen LogP contribution >= 0.6 is 0 Å². The number of anilines is 1. The Kier molecular flexibility index (Phi) is 3.97. The number of halogens is 2. The molecule has 0 spiro atoms. The van der Waals surface area contributed by atoms with E-state index in [2.05, 4.69) is 20.3 Å². The van der Waals surface area contributed by atoms with E-state index in [1.54, 1.807) is 24.5 Å². The lowest BCUT2D eigenvalue weighted by Crippen LogP contribution is -2.25. The van der Waals surface area contributed by atoms with Gasteiger partial charge in [0.1, 0.15) is 23.0 Å². The summed E-state index contributed by atoms with van der Waals surface area (Å²) in [6.45, 7) is 0.124. The molecule has 29 heavy (non-hydrogen) atoms. The zero-order valence-electron chi connectivity index (χ0n) is 14.8. The molecular weight excluding hydrogens is 384 g/mol. The van der Waals surface area contributed by atoms with Gasteiger partial charge in [-0.25, -0.2) is 8.78 Å². The number of aromatic amines is 1. The van der Waals surface area contributed by atoms with Crippen molar-refractivity contribution in [2.45, 2.75) is 12.3 Å². The van der Waals surface area contributed by atoms with Crippen molar-refractivity contribution in [1.29, 1.82) is 0 Å². The van der Waals surface area contributed by atoms with Crippen molar-refractivity contribution in [2.24, 2.45) is 0 Å². The van der Waals surface area contributed by atoms with E-state index in [-0.39, 0.29) is 30.5 Å². The number of hydrogen-bond donors (Lipinski definition) is 1. The third kappa shape index (κ3) is 3.08. The zero-order valence-corrected chi connectivity index (χ0v) is 14.8. The Morgan fingerprint density at radius 2 is 2.10 bits per heavy atom. The third-order valence-electron chi connectivity index (χ3n) is 4.71. The van der Waals surface area contributed by atoms with Gasteiger partial charge in [-0.15, -0.1) is 0 Å². The Morgan fingerprint density at radius 3 is 2.93 bits per heavy atom. The highest BCUT2D eigenvalue weighted by Crippen LogP contribution is 2.33. The number of benzene rings is 1. The molecule has 1 N–H and O–H groups in total. The summed E-state index contributed by atoms with van der Waals surface area (Å²) in [4.78, 5) is 17.9. The molecule has 5 rings (SSSR count). The minimum atomic E-state index is -0.669. The minimum Gasteiger partial charge on any atom is -0.463 e. The van der Waals surface area contributed by atoms with Gasteiger partial charge in [0.25, 0.3) is 5.89 Å². The number of furan rings is 1. The van der Waals surface area contributed by atoms with E-state index in [4.69, 9.17) is 8.94 Å². The second-order valence-corrected chi connectivity index (χ2v) is 6.60. The fraction of sp³-hybridized carbons (Fsp3) is 0.158. The number of carbonyl (C=O) groups excluding carboxylic acids is 1. The summed E-state index contributed by atoms with van der Waals surface area (Å²) in [6, 6.07) is 8.21. The standard InChI is InChI=1S/C19H13F2N5O3/c20-11-3-4-12(21)15(7-11)26-9-10(6-17(26)27)18-22-19(29-25-18)14-8-13(23-24-14)16-2-1-5-28-16/h1-5,7-8,10H,6,9H2,(H,23,24). The smallest absolute Gasteiger partial charge is 0.275 e. The maximum atomic E-state index is 14.0. The molecule has 4 aromatic rings. The van der Waals surface area contributed by atoms with Crippen LogP contribution in [-0.4, -0.2) is 32.8 Å². The molecule has 3 aromatic heterocycles. The van der Waals surface area contributed by atoms with Gasteiger partial charge in [-0.3, -0.25) is 9.89 Å². The molecule has 0 aliphatic carbocycles. The number of aromatic nitrogens is 4. The highest BCUT2D eigenvalue weighted by atomic mass is 19.1. The Hall–Kier alpha value is -3.82. The Labute approximate surface area is 162 Å². The molecule has 1 fully saturated rings. The quantitative estimate of drug-likeness (QED) is 0.565. The average Bonchev–Trinajstić information content (AvgIpc) is 3.49. The van der Waals surface area contributed by atoms with Crippen LogP contribution in [0.2, 0.25) is 0 Å². The largest absolute Gasteiger partial charge is 0.463 e. The van der Waals surface area contributed by atoms with Crippen LogP contribution in [0.15, 0.2) is 51.6 Å². The van der Waals surface area contributed by atoms with Crippen LogP contribution in [-0.2, 0) is 4.79 Å². The first kappa shape index (κ1) is 17.3. The number of nitrogens with zero attached hydrogens (tertiary/aromatic N) is 4. The molecule has 0 radical (unpaired) electrons. The molecule has 1 amide bonds. The molecule has 1 saturated heterocycles. The van der Waals surface area contributed by atoms with Gasteiger partial charge in [-0.05, 0) is 24.3 Å². The second kappa shape index (κ2) is 6.66. The van der Waals surface area contributed by atoms with Gasteiger partial charge in [-0.2, -0.15) is 10.1 Å². The highest BCUT2D eigenvalue weighted by molar-refractivity contribution is 5.96. The fourth-order valence-electron chi connectivity index (χ4n) is 3.30. The van der Waals surface area contributed by atoms with Crippen molar-refractivity contribution in [1.82, 2.24) is 20.3 Å². The number of nitrogens with one attached hydrogen (secondary N) is 1. The second-order valence-electron chi connectivity index (χ2n) is 6.60. The van der Waals surface area contributed by atoms with Crippen LogP contribution in [0.25, 0.3) is 23.0 Å². The van der Waals surface area contributed by atoms with Gasteiger partial charge in [0.2, 0.25) is 5.91 Å². The Balaban J connectivity index is 1.37. The van der Waals surface area contributed by atoms with E-state index in [0.29, 0.717) is 23.0 Å². The van der Waals surface area contributed by atoms with E-state index in [0.717, 1.165) is 18.2 Å². The number of H-pyrrole nitrogens is 1. The van der Waals surface area contributed by atoms with Gasteiger partial charge in [0.05, 0.1) is 12.0 Å². The third-order valence-corrected chi connectivity index (χ3v) is 4.71. The summed E-state index contributed by atoms with van der Waals surface area (Å²) in [5.74, 6) is -0.942. The van der Waals surface area contributed by atoms with Crippen LogP contribution in [0.1, 0.15) is 18.2 Å². The lowest BCUT2D eigenvalue weighted by molar-refractivity contribution is -0.117. The van der Waals surface area contributed by atoms with E-state index in [9.17, 15) is 13.6 Å². The molecule has 1 aromatic carbocycles. The normalized spacial score (nSPS) is 16.7. The summed E-state index contributed by atoms with van der Waals surface area (Å²) >= 11 is 0. The van der Waals surface area contributed by atoms with Crippen LogP contribution in [0.3, 0.4) is 0 Å². The van der Waals surface area contributed by atoms with Crippen molar-refractivity contribution >= 4 is 11.6 Å².